The van der Waals surface area contributed by atoms with Crippen LogP contribution in [0.3, 0.4) is 0 Å². The number of nitrogens with zero attached hydrogens (tertiary/aromatic N) is 2. The van der Waals surface area contributed by atoms with Crippen molar-refractivity contribution in [1.82, 2.24) is 9.38 Å². The van der Waals surface area contributed by atoms with Gasteiger partial charge in [0.1, 0.15) is 0 Å². The first kappa shape index (κ1) is 14.3. The lowest BCUT2D eigenvalue weighted by atomic mass is 10.1. The number of nitrogens with two attached hydrogens (primary N) is 1. The van der Waals surface area contributed by atoms with Crippen molar-refractivity contribution < 1.29 is 0 Å². The highest BCUT2D eigenvalue weighted by Crippen LogP contribution is 2.31. The zero-order valence-electron chi connectivity index (χ0n) is 12.8. The third-order valence-corrected chi connectivity index (χ3v) is 5.11. The molecule has 2 N–H and O–H groups in total. The summed E-state index contributed by atoms with van der Waals surface area (Å²) in [5.74, 6) is 0. The van der Waals surface area contributed by atoms with Gasteiger partial charge in [-0.15, -0.1) is 11.3 Å². The first-order chi connectivity index (χ1) is 10.2. The first-order valence-corrected chi connectivity index (χ1v) is 8.24. The van der Waals surface area contributed by atoms with Crippen LogP contribution < -0.4 is 5.73 Å². The first-order valence-electron chi connectivity index (χ1n) is 7.42. The lowest BCUT2D eigenvalue weighted by Crippen LogP contribution is -2.06. The van der Waals surface area contributed by atoms with Gasteiger partial charge >= 0.3 is 0 Å². The van der Waals surface area contributed by atoms with E-state index >= 15 is 0 Å². The maximum atomic E-state index is 5.82. The summed E-state index contributed by atoms with van der Waals surface area (Å²) in [5, 5.41) is 0. The smallest absolute Gasteiger partial charge is 0.194 e. The predicted molar refractivity (Wildman–Crippen MR) is 90.1 cm³/mol. The summed E-state index contributed by atoms with van der Waals surface area (Å²) in [5.41, 5.74) is 12.0. The Labute approximate surface area is 129 Å². The van der Waals surface area contributed by atoms with Crippen molar-refractivity contribution in [2.24, 2.45) is 5.73 Å². The van der Waals surface area contributed by atoms with Crippen LogP contribution in [0, 0.1) is 13.8 Å². The molecular weight excluding hydrogens is 278 g/mol. The zero-order valence-corrected chi connectivity index (χ0v) is 13.6. The van der Waals surface area contributed by atoms with Gasteiger partial charge in [0.25, 0.3) is 0 Å². The lowest BCUT2D eigenvalue weighted by Gasteiger charge is -2.05. The van der Waals surface area contributed by atoms with Crippen molar-refractivity contribution in [1.29, 1.82) is 0 Å². The van der Waals surface area contributed by atoms with Crippen molar-refractivity contribution in [2.45, 2.75) is 33.6 Å². The van der Waals surface area contributed by atoms with Crippen LogP contribution in [0.2, 0.25) is 0 Å². The number of imidazole rings is 1. The molecule has 1 aromatic carbocycles. The van der Waals surface area contributed by atoms with Crippen LogP contribution in [0.4, 0.5) is 0 Å². The molecule has 0 amide bonds. The van der Waals surface area contributed by atoms with E-state index in [1.54, 1.807) is 11.3 Å². The molecule has 3 nitrogen and oxygen atoms in total. The quantitative estimate of drug-likeness (QED) is 0.797. The van der Waals surface area contributed by atoms with Gasteiger partial charge in [-0.2, -0.15) is 0 Å². The van der Waals surface area contributed by atoms with E-state index in [4.69, 9.17) is 10.7 Å². The topological polar surface area (TPSA) is 43.3 Å². The SMILES string of the molecule is CCc1ccc(-c2nc3sc(C)c(C)n3c2CCN)cc1. The third kappa shape index (κ3) is 2.39. The molecule has 0 aliphatic heterocycles. The Morgan fingerprint density at radius 3 is 2.52 bits per heavy atom. The monoisotopic (exact) mass is 299 g/mol. The molecule has 0 atom stereocenters. The maximum absolute atomic E-state index is 5.82. The summed E-state index contributed by atoms with van der Waals surface area (Å²) in [7, 11) is 0. The Hall–Kier alpha value is -1.65. The van der Waals surface area contributed by atoms with Gasteiger partial charge in [0.2, 0.25) is 0 Å². The van der Waals surface area contributed by atoms with Gasteiger partial charge < -0.3 is 5.73 Å². The summed E-state index contributed by atoms with van der Waals surface area (Å²) < 4.78 is 2.27. The minimum Gasteiger partial charge on any atom is -0.330 e. The van der Waals surface area contributed by atoms with E-state index in [0.29, 0.717) is 6.54 Å². The van der Waals surface area contributed by atoms with Gasteiger partial charge in [-0.05, 0) is 32.4 Å². The molecular formula is C17H21N3S. The van der Waals surface area contributed by atoms with E-state index in [1.165, 1.54) is 27.4 Å². The molecule has 2 aromatic heterocycles. The van der Waals surface area contributed by atoms with E-state index < -0.39 is 0 Å². The number of rotatable bonds is 4. The van der Waals surface area contributed by atoms with Crippen LogP contribution >= 0.6 is 11.3 Å². The summed E-state index contributed by atoms with van der Waals surface area (Å²) in [6, 6.07) is 8.72. The van der Waals surface area contributed by atoms with Crippen molar-refractivity contribution in [2.75, 3.05) is 6.54 Å². The number of aromatic nitrogens is 2. The summed E-state index contributed by atoms with van der Waals surface area (Å²) in [4.78, 5) is 7.26. The van der Waals surface area contributed by atoms with E-state index in [2.05, 4.69) is 49.4 Å². The second-order valence-electron chi connectivity index (χ2n) is 5.36. The lowest BCUT2D eigenvalue weighted by molar-refractivity contribution is 0.895. The van der Waals surface area contributed by atoms with Crippen molar-refractivity contribution in [3.8, 4) is 11.3 Å². The van der Waals surface area contributed by atoms with Gasteiger partial charge in [0.15, 0.2) is 4.96 Å². The minimum atomic E-state index is 0.641. The average molecular weight is 299 g/mol. The maximum Gasteiger partial charge on any atom is 0.194 e. The van der Waals surface area contributed by atoms with Gasteiger partial charge in [-0.1, -0.05) is 31.2 Å². The van der Waals surface area contributed by atoms with Crippen LogP contribution in [-0.2, 0) is 12.8 Å². The second kappa shape index (κ2) is 5.62. The molecule has 0 fully saturated rings. The largest absolute Gasteiger partial charge is 0.330 e. The standard InChI is InChI=1S/C17H21N3S/c1-4-13-5-7-14(8-6-13)16-15(9-10-18)20-11(2)12(3)21-17(20)19-16/h5-8H,4,9-10,18H2,1-3H3. The molecule has 110 valence electrons. The van der Waals surface area contributed by atoms with Crippen LogP contribution in [0.15, 0.2) is 24.3 Å². The highest BCUT2D eigenvalue weighted by atomic mass is 32.1. The molecule has 0 aliphatic rings. The number of hydrogen-bond donors (Lipinski definition) is 1. The molecule has 2 heterocycles. The van der Waals surface area contributed by atoms with Gasteiger partial charge in [0.05, 0.1) is 11.4 Å². The highest BCUT2D eigenvalue weighted by molar-refractivity contribution is 7.17. The number of hydrogen-bond acceptors (Lipinski definition) is 3. The minimum absolute atomic E-state index is 0.641. The molecule has 4 heteroatoms. The van der Waals surface area contributed by atoms with Crippen LogP contribution in [0.5, 0.6) is 0 Å². The fourth-order valence-electron chi connectivity index (χ4n) is 2.71. The van der Waals surface area contributed by atoms with E-state index in [9.17, 15) is 0 Å². The van der Waals surface area contributed by atoms with Gasteiger partial charge in [-0.3, -0.25) is 4.40 Å². The van der Waals surface area contributed by atoms with E-state index in [1.807, 2.05) is 0 Å². The Kier molecular flexibility index (Phi) is 3.83. The van der Waals surface area contributed by atoms with E-state index in [-0.39, 0.29) is 0 Å². The normalized spacial score (nSPS) is 11.4. The average Bonchev–Trinajstić information content (AvgIpc) is 2.98. The molecule has 0 saturated heterocycles. The number of fused-ring (bicyclic) bond motifs is 1. The Morgan fingerprint density at radius 2 is 1.90 bits per heavy atom. The molecule has 0 bridgehead atoms. The van der Waals surface area contributed by atoms with Gasteiger partial charge in [-0.25, -0.2) is 4.98 Å². The number of thiazole rings is 1. The fraction of sp³-hybridized carbons (Fsp3) is 0.353. The number of aryl methyl sites for hydroxylation is 3. The van der Waals surface area contributed by atoms with Crippen molar-refractivity contribution in [3.63, 3.8) is 0 Å². The van der Waals surface area contributed by atoms with Crippen LogP contribution in [-0.4, -0.2) is 15.9 Å². The van der Waals surface area contributed by atoms with E-state index in [0.717, 1.165) is 23.5 Å². The Bertz CT molecular complexity index is 766. The summed E-state index contributed by atoms with van der Waals surface area (Å²) in [6.45, 7) is 7.12. The Morgan fingerprint density at radius 1 is 1.19 bits per heavy atom. The highest BCUT2D eigenvalue weighted by Gasteiger charge is 2.17. The molecule has 0 radical (unpaired) electrons. The molecule has 0 saturated carbocycles. The van der Waals surface area contributed by atoms with Crippen LogP contribution in [0.25, 0.3) is 16.2 Å². The van der Waals surface area contributed by atoms with Crippen molar-refractivity contribution in [3.05, 3.63) is 46.1 Å². The molecule has 3 rings (SSSR count). The summed E-state index contributed by atoms with van der Waals surface area (Å²) >= 11 is 1.75. The molecule has 0 unspecified atom stereocenters. The second-order valence-corrected chi connectivity index (χ2v) is 6.54. The van der Waals surface area contributed by atoms with Crippen molar-refractivity contribution >= 4 is 16.3 Å². The number of benzene rings is 1. The molecule has 0 spiro atoms. The predicted octanol–water partition coefficient (Wildman–Crippen LogP) is 3.74. The fourth-order valence-corrected chi connectivity index (χ4v) is 3.70. The molecule has 0 aliphatic carbocycles. The van der Waals surface area contributed by atoms with Gasteiger partial charge in [0, 0.05) is 22.6 Å². The Balaban J connectivity index is 2.18. The van der Waals surface area contributed by atoms with Crippen LogP contribution in [0.1, 0.15) is 28.8 Å². The molecule has 21 heavy (non-hydrogen) atoms. The zero-order chi connectivity index (χ0) is 15.0. The summed E-state index contributed by atoms with van der Waals surface area (Å²) in [6.07, 6.45) is 1.91. The third-order valence-electron chi connectivity index (χ3n) is 4.05. The molecule has 3 aromatic rings.